The number of hydrogen-bond donors (Lipinski definition) is 1. The van der Waals surface area contributed by atoms with Gasteiger partial charge in [0, 0.05) is 6.42 Å². The summed E-state index contributed by atoms with van der Waals surface area (Å²) in [7, 11) is -4.03. The van der Waals surface area contributed by atoms with Gasteiger partial charge in [0.2, 0.25) is 10.0 Å². The molecule has 1 unspecified atom stereocenters. The van der Waals surface area contributed by atoms with Crippen LogP contribution in [0.4, 0.5) is 4.39 Å². The highest BCUT2D eigenvalue weighted by atomic mass is 32.2. The molecule has 1 atom stereocenters. The lowest BCUT2D eigenvalue weighted by atomic mass is 10.1. The highest BCUT2D eigenvalue weighted by Gasteiger charge is 2.25. The summed E-state index contributed by atoms with van der Waals surface area (Å²) in [6, 6.07) is 1.85. The second-order valence-electron chi connectivity index (χ2n) is 4.53. The van der Waals surface area contributed by atoms with Crippen molar-refractivity contribution in [1.82, 2.24) is 0 Å². The minimum Gasteiger partial charge on any atom is -0.456 e. The summed E-state index contributed by atoms with van der Waals surface area (Å²) in [6.07, 6.45) is 0.0856. The van der Waals surface area contributed by atoms with E-state index in [-0.39, 0.29) is 17.1 Å². The van der Waals surface area contributed by atoms with Crippen molar-refractivity contribution in [3.63, 3.8) is 0 Å². The lowest BCUT2D eigenvalue weighted by Gasteiger charge is -2.12. The van der Waals surface area contributed by atoms with Crippen LogP contribution in [0.2, 0.25) is 0 Å². The van der Waals surface area contributed by atoms with Crippen LogP contribution in [-0.4, -0.2) is 33.7 Å². The Morgan fingerprint density at radius 3 is 2.75 bits per heavy atom. The van der Waals surface area contributed by atoms with Gasteiger partial charge in [0.05, 0.1) is 23.7 Å². The van der Waals surface area contributed by atoms with Gasteiger partial charge in [-0.1, -0.05) is 0 Å². The third kappa shape index (κ3) is 3.14. The van der Waals surface area contributed by atoms with E-state index in [1.807, 2.05) is 0 Å². The zero-order chi connectivity index (χ0) is 14.9. The molecule has 2 rings (SSSR count). The number of ether oxygens (including phenoxy) is 2. The van der Waals surface area contributed by atoms with Crippen LogP contribution in [0.25, 0.3) is 0 Å². The van der Waals surface area contributed by atoms with Crippen molar-refractivity contribution >= 4 is 16.0 Å². The van der Waals surface area contributed by atoms with Crippen LogP contribution in [0.1, 0.15) is 22.3 Å². The number of halogens is 1. The third-order valence-corrected chi connectivity index (χ3v) is 4.01. The maximum absolute atomic E-state index is 13.8. The molecule has 1 aliphatic heterocycles. The smallest absolute Gasteiger partial charge is 0.341 e. The van der Waals surface area contributed by atoms with E-state index < -0.39 is 33.5 Å². The fraction of sp³-hybridized carbons (Fsp3) is 0.417. The lowest BCUT2D eigenvalue weighted by molar-refractivity contribution is 0.0265. The van der Waals surface area contributed by atoms with Crippen LogP contribution in [-0.2, 0) is 19.5 Å². The van der Waals surface area contributed by atoms with E-state index in [2.05, 4.69) is 0 Å². The highest BCUT2D eigenvalue weighted by Crippen LogP contribution is 2.21. The molecule has 8 heteroatoms. The Kier molecular flexibility index (Phi) is 4.07. The van der Waals surface area contributed by atoms with Crippen LogP contribution >= 0.6 is 0 Å². The minimum absolute atomic E-state index is 0.130. The Hall–Kier alpha value is -1.51. The first-order valence-corrected chi connectivity index (χ1v) is 7.45. The molecule has 1 aliphatic rings. The Bertz CT molecular complexity index is 637. The van der Waals surface area contributed by atoms with Crippen LogP contribution in [0, 0.1) is 12.7 Å². The number of carbonyl (C=O) groups is 1. The topological polar surface area (TPSA) is 95.7 Å². The van der Waals surface area contributed by atoms with Gasteiger partial charge in [0.15, 0.2) is 0 Å². The summed E-state index contributed by atoms with van der Waals surface area (Å²) < 4.78 is 46.6. The first-order valence-electron chi connectivity index (χ1n) is 5.90. The number of sulfonamides is 1. The SMILES string of the molecule is Cc1cc(F)c(C(=O)OC2CCOC2)cc1S(N)(=O)=O. The summed E-state index contributed by atoms with van der Waals surface area (Å²) >= 11 is 0. The predicted octanol–water partition coefficient (Wildman–Crippen LogP) is 0.727. The van der Waals surface area contributed by atoms with Gasteiger partial charge >= 0.3 is 5.97 Å². The monoisotopic (exact) mass is 303 g/mol. The molecule has 1 aromatic rings. The molecule has 110 valence electrons. The molecule has 0 bridgehead atoms. The average Bonchev–Trinajstić information content (AvgIpc) is 2.79. The number of carbonyl (C=O) groups excluding carboxylic acids is 1. The predicted molar refractivity (Wildman–Crippen MR) is 67.1 cm³/mol. The fourth-order valence-electron chi connectivity index (χ4n) is 1.94. The van der Waals surface area contributed by atoms with Crippen LogP contribution < -0.4 is 5.14 Å². The highest BCUT2D eigenvalue weighted by molar-refractivity contribution is 7.89. The normalized spacial score (nSPS) is 19.1. The molecule has 1 aromatic carbocycles. The van der Waals surface area contributed by atoms with E-state index in [1.165, 1.54) is 6.92 Å². The van der Waals surface area contributed by atoms with Crippen molar-refractivity contribution in [1.29, 1.82) is 0 Å². The molecule has 20 heavy (non-hydrogen) atoms. The molecule has 2 N–H and O–H groups in total. The van der Waals surface area contributed by atoms with Gasteiger partial charge in [0.1, 0.15) is 11.9 Å². The largest absolute Gasteiger partial charge is 0.456 e. The standard InChI is InChI=1S/C12H14FNO5S/c1-7-4-10(13)9(5-11(7)20(14,16)17)12(15)19-8-2-3-18-6-8/h4-5,8H,2-3,6H2,1H3,(H2,14,16,17). The van der Waals surface area contributed by atoms with E-state index in [4.69, 9.17) is 14.6 Å². The van der Waals surface area contributed by atoms with Gasteiger partial charge < -0.3 is 9.47 Å². The van der Waals surface area contributed by atoms with Gasteiger partial charge in [-0.3, -0.25) is 0 Å². The first kappa shape index (κ1) is 14.9. The van der Waals surface area contributed by atoms with Gasteiger partial charge in [-0.2, -0.15) is 0 Å². The molecule has 0 radical (unpaired) electrons. The number of nitrogens with two attached hydrogens (primary N) is 1. The number of primary sulfonamides is 1. The van der Waals surface area contributed by atoms with Gasteiger partial charge in [-0.15, -0.1) is 0 Å². The molecule has 1 fully saturated rings. The Labute approximate surface area is 115 Å². The summed E-state index contributed by atoms with van der Waals surface area (Å²) in [5, 5.41) is 5.02. The average molecular weight is 303 g/mol. The molecule has 0 aromatic heterocycles. The molecule has 6 nitrogen and oxygen atoms in total. The fourth-order valence-corrected chi connectivity index (χ4v) is 2.73. The van der Waals surface area contributed by atoms with E-state index in [1.54, 1.807) is 0 Å². The summed E-state index contributed by atoms with van der Waals surface area (Å²) in [5.41, 5.74) is -0.322. The van der Waals surface area contributed by atoms with E-state index in [0.29, 0.717) is 13.0 Å². The van der Waals surface area contributed by atoms with Gasteiger partial charge in [-0.25, -0.2) is 22.7 Å². The summed E-state index contributed by atoms with van der Waals surface area (Å²) in [4.78, 5) is 11.6. The zero-order valence-electron chi connectivity index (χ0n) is 10.8. The van der Waals surface area contributed by atoms with Crippen LogP contribution in [0.3, 0.4) is 0 Å². The molecular weight excluding hydrogens is 289 g/mol. The maximum atomic E-state index is 13.8. The maximum Gasteiger partial charge on any atom is 0.341 e. The van der Waals surface area contributed by atoms with Crippen molar-refractivity contribution < 1.29 is 27.1 Å². The van der Waals surface area contributed by atoms with Gasteiger partial charge in [-0.05, 0) is 24.6 Å². The number of rotatable bonds is 3. The van der Waals surface area contributed by atoms with Crippen LogP contribution in [0.5, 0.6) is 0 Å². The van der Waals surface area contributed by atoms with Crippen molar-refractivity contribution in [2.75, 3.05) is 13.2 Å². The van der Waals surface area contributed by atoms with E-state index in [0.717, 1.165) is 12.1 Å². The molecule has 0 spiro atoms. The third-order valence-electron chi connectivity index (χ3n) is 2.95. The second kappa shape index (κ2) is 5.47. The van der Waals surface area contributed by atoms with Crippen molar-refractivity contribution in [3.05, 3.63) is 29.1 Å². The number of hydrogen-bond acceptors (Lipinski definition) is 5. The summed E-state index contributed by atoms with van der Waals surface area (Å²) in [6.45, 7) is 2.11. The minimum atomic E-state index is -4.03. The lowest BCUT2D eigenvalue weighted by Crippen LogP contribution is -2.20. The van der Waals surface area contributed by atoms with E-state index in [9.17, 15) is 17.6 Å². The molecule has 0 aliphatic carbocycles. The number of benzene rings is 1. The first-order chi connectivity index (χ1) is 9.29. The van der Waals surface area contributed by atoms with Crippen molar-refractivity contribution in [2.45, 2.75) is 24.3 Å². The Morgan fingerprint density at radius 1 is 1.50 bits per heavy atom. The van der Waals surface area contributed by atoms with Crippen LogP contribution in [0.15, 0.2) is 17.0 Å². The second-order valence-corrected chi connectivity index (χ2v) is 6.06. The molecule has 1 heterocycles. The summed E-state index contributed by atoms with van der Waals surface area (Å²) in [5.74, 6) is -1.78. The Balaban J connectivity index is 2.33. The number of aryl methyl sites for hydroxylation is 1. The van der Waals surface area contributed by atoms with Gasteiger partial charge in [0.25, 0.3) is 0 Å². The van der Waals surface area contributed by atoms with Crippen molar-refractivity contribution in [2.24, 2.45) is 5.14 Å². The van der Waals surface area contributed by atoms with Crippen molar-refractivity contribution in [3.8, 4) is 0 Å². The zero-order valence-corrected chi connectivity index (χ0v) is 11.6. The quantitative estimate of drug-likeness (QED) is 0.830. The number of esters is 1. The molecule has 0 saturated carbocycles. The van der Waals surface area contributed by atoms with E-state index >= 15 is 0 Å². The molecule has 0 amide bonds. The molecule has 1 saturated heterocycles. The Morgan fingerprint density at radius 2 is 2.20 bits per heavy atom. The molecular formula is C12H14FNO5S.